The first kappa shape index (κ1) is 14.2. The van der Waals surface area contributed by atoms with Gasteiger partial charge in [-0.05, 0) is 0 Å². The van der Waals surface area contributed by atoms with E-state index >= 15 is 0 Å². The van der Waals surface area contributed by atoms with Gasteiger partial charge >= 0.3 is 0 Å². The molecule has 1 amide bonds. The minimum absolute atomic E-state index is 0.103. The third-order valence-corrected chi connectivity index (χ3v) is 3.30. The lowest BCUT2D eigenvalue weighted by Gasteiger charge is -2.06. The Hall–Kier alpha value is -0.860. The number of amides is 1. The molecule has 0 saturated carbocycles. The second kappa shape index (κ2) is 7.46. The molecule has 0 unspecified atom stereocenters. The van der Waals surface area contributed by atoms with Crippen molar-refractivity contribution in [3.63, 3.8) is 0 Å². The second-order valence-corrected chi connectivity index (χ2v) is 4.93. The highest BCUT2D eigenvalue weighted by atomic mass is 32.2. The van der Waals surface area contributed by atoms with Crippen LogP contribution in [-0.4, -0.2) is 53.9 Å². The van der Waals surface area contributed by atoms with Crippen molar-refractivity contribution in [3.05, 3.63) is 0 Å². The molecule has 0 saturated heterocycles. The number of hydrogen-bond donors (Lipinski definition) is 0. The SMILES string of the molecule is COCCCOc1nc(SC(=O)N(C)C)ns1. The molecule has 0 aromatic carbocycles. The summed E-state index contributed by atoms with van der Waals surface area (Å²) in [6.07, 6.45) is 0.801. The van der Waals surface area contributed by atoms with E-state index in [-0.39, 0.29) is 5.24 Å². The molecule has 0 aliphatic rings. The van der Waals surface area contributed by atoms with Crippen LogP contribution in [0.1, 0.15) is 6.42 Å². The second-order valence-electron chi connectivity index (χ2n) is 3.30. The fourth-order valence-corrected chi connectivity index (χ4v) is 2.08. The maximum absolute atomic E-state index is 11.4. The van der Waals surface area contributed by atoms with E-state index in [1.807, 2.05) is 0 Å². The molecule has 0 atom stereocenters. The van der Waals surface area contributed by atoms with Gasteiger partial charge in [0.25, 0.3) is 10.4 Å². The van der Waals surface area contributed by atoms with E-state index in [9.17, 15) is 4.79 Å². The number of thioether (sulfide) groups is 1. The van der Waals surface area contributed by atoms with Gasteiger partial charge in [-0.1, -0.05) is 0 Å². The molecule has 96 valence electrons. The summed E-state index contributed by atoms with van der Waals surface area (Å²) in [5.74, 6) is 0. The summed E-state index contributed by atoms with van der Waals surface area (Å²) in [5, 5.41) is 0.805. The fourth-order valence-electron chi connectivity index (χ4n) is 0.829. The molecular formula is C9H15N3O3S2. The highest BCUT2D eigenvalue weighted by Gasteiger charge is 2.12. The molecule has 1 aromatic rings. The molecule has 8 heteroatoms. The monoisotopic (exact) mass is 277 g/mol. The summed E-state index contributed by atoms with van der Waals surface area (Å²) in [7, 11) is 5.01. The molecular weight excluding hydrogens is 262 g/mol. The molecule has 0 spiro atoms. The van der Waals surface area contributed by atoms with Crippen LogP contribution in [0.3, 0.4) is 0 Å². The third kappa shape index (κ3) is 5.33. The Balaban J connectivity index is 2.35. The Morgan fingerprint density at radius 3 is 2.88 bits per heavy atom. The van der Waals surface area contributed by atoms with Gasteiger partial charge in [-0.25, -0.2) is 0 Å². The Labute approximate surface area is 108 Å². The van der Waals surface area contributed by atoms with E-state index in [0.717, 1.165) is 29.7 Å². The van der Waals surface area contributed by atoms with Crippen molar-refractivity contribution in [2.75, 3.05) is 34.4 Å². The Bertz CT molecular complexity index is 357. The van der Waals surface area contributed by atoms with Gasteiger partial charge in [-0.3, -0.25) is 4.79 Å². The van der Waals surface area contributed by atoms with Gasteiger partial charge in [0, 0.05) is 57.5 Å². The number of aromatic nitrogens is 2. The molecule has 1 aromatic heterocycles. The van der Waals surface area contributed by atoms with Crippen LogP contribution in [0, 0.1) is 0 Å². The Morgan fingerprint density at radius 2 is 2.24 bits per heavy atom. The van der Waals surface area contributed by atoms with E-state index in [0.29, 0.717) is 23.6 Å². The average molecular weight is 277 g/mol. The average Bonchev–Trinajstić information content (AvgIpc) is 2.72. The van der Waals surface area contributed by atoms with E-state index in [1.165, 1.54) is 4.90 Å². The molecule has 0 aliphatic carbocycles. The van der Waals surface area contributed by atoms with Crippen LogP contribution in [0.25, 0.3) is 0 Å². The van der Waals surface area contributed by atoms with Crippen molar-refractivity contribution in [2.45, 2.75) is 11.6 Å². The van der Waals surface area contributed by atoms with Crippen LogP contribution in [0.4, 0.5) is 4.79 Å². The van der Waals surface area contributed by atoms with E-state index in [2.05, 4.69) is 9.36 Å². The lowest BCUT2D eigenvalue weighted by Crippen LogP contribution is -2.16. The molecule has 0 radical (unpaired) electrons. The van der Waals surface area contributed by atoms with Crippen molar-refractivity contribution < 1.29 is 14.3 Å². The normalized spacial score (nSPS) is 10.3. The van der Waals surface area contributed by atoms with Gasteiger partial charge in [0.1, 0.15) is 0 Å². The molecule has 6 nitrogen and oxygen atoms in total. The summed E-state index contributed by atoms with van der Waals surface area (Å²) in [6, 6.07) is 0. The minimum Gasteiger partial charge on any atom is -0.469 e. The Kier molecular flexibility index (Phi) is 6.23. The topological polar surface area (TPSA) is 64.6 Å². The first-order valence-electron chi connectivity index (χ1n) is 4.98. The lowest BCUT2D eigenvalue weighted by atomic mass is 10.5. The summed E-state index contributed by atoms with van der Waals surface area (Å²) < 4.78 is 14.3. The minimum atomic E-state index is -0.103. The van der Waals surface area contributed by atoms with E-state index < -0.39 is 0 Å². The van der Waals surface area contributed by atoms with Crippen molar-refractivity contribution in [1.82, 2.24) is 14.3 Å². The zero-order chi connectivity index (χ0) is 12.7. The molecule has 1 rings (SSSR count). The lowest BCUT2D eigenvalue weighted by molar-refractivity contribution is 0.172. The predicted molar refractivity (Wildman–Crippen MR) is 66.8 cm³/mol. The van der Waals surface area contributed by atoms with Crippen molar-refractivity contribution in [2.24, 2.45) is 0 Å². The van der Waals surface area contributed by atoms with Gasteiger partial charge in [-0.2, -0.15) is 9.36 Å². The largest absolute Gasteiger partial charge is 0.469 e. The number of methoxy groups -OCH3 is 1. The zero-order valence-corrected chi connectivity index (χ0v) is 11.6. The van der Waals surface area contributed by atoms with Gasteiger partial charge in [0.05, 0.1) is 6.61 Å². The first-order chi connectivity index (χ1) is 8.13. The molecule has 0 N–H and O–H groups in total. The van der Waals surface area contributed by atoms with Gasteiger partial charge < -0.3 is 14.4 Å². The van der Waals surface area contributed by atoms with Crippen LogP contribution in [0.2, 0.25) is 0 Å². The summed E-state index contributed by atoms with van der Waals surface area (Å²) in [4.78, 5) is 16.9. The smallest absolute Gasteiger partial charge is 0.293 e. The number of carbonyl (C=O) groups excluding carboxylic acids is 1. The maximum atomic E-state index is 11.4. The van der Waals surface area contributed by atoms with Crippen molar-refractivity contribution >= 4 is 28.5 Å². The summed E-state index contributed by atoms with van der Waals surface area (Å²) in [5.41, 5.74) is 0. The van der Waals surface area contributed by atoms with Crippen LogP contribution >= 0.6 is 23.3 Å². The molecule has 0 aliphatic heterocycles. The summed E-state index contributed by atoms with van der Waals surface area (Å²) in [6.45, 7) is 1.19. The third-order valence-electron chi connectivity index (χ3n) is 1.65. The van der Waals surface area contributed by atoms with E-state index in [4.69, 9.17) is 9.47 Å². The highest BCUT2D eigenvalue weighted by molar-refractivity contribution is 8.13. The number of rotatable bonds is 6. The quantitative estimate of drug-likeness (QED) is 0.583. The molecule has 0 bridgehead atoms. The van der Waals surface area contributed by atoms with Gasteiger partial charge in [0.15, 0.2) is 0 Å². The fraction of sp³-hybridized carbons (Fsp3) is 0.667. The number of ether oxygens (including phenoxy) is 2. The first-order valence-corrected chi connectivity index (χ1v) is 6.57. The van der Waals surface area contributed by atoms with E-state index in [1.54, 1.807) is 21.2 Å². The standard InChI is InChI=1S/C9H15N3O3S2/c1-12(2)9(13)16-7-10-8(17-11-7)15-6-4-5-14-3/h4-6H2,1-3H3. The van der Waals surface area contributed by atoms with Crippen LogP contribution in [0.15, 0.2) is 5.16 Å². The molecule has 17 heavy (non-hydrogen) atoms. The molecule has 0 fully saturated rings. The van der Waals surface area contributed by atoms with Crippen molar-refractivity contribution in [3.8, 4) is 5.19 Å². The van der Waals surface area contributed by atoms with Gasteiger partial charge in [0.2, 0.25) is 5.16 Å². The number of carbonyl (C=O) groups is 1. The number of hydrogen-bond acceptors (Lipinski definition) is 7. The van der Waals surface area contributed by atoms with Crippen LogP contribution in [-0.2, 0) is 4.74 Å². The maximum Gasteiger partial charge on any atom is 0.293 e. The summed E-state index contributed by atoms with van der Waals surface area (Å²) >= 11 is 2.13. The highest BCUT2D eigenvalue weighted by Crippen LogP contribution is 2.23. The predicted octanol–water partition coefficient (Wildman–Crippen LogP) is 1.73. The van der Waals surface area contributed by atoms with Gasteiger partial charge in [-0.15, -0.1) is 0 Å². The van der Waals surface area contributed by atoms with Crippen molar-refractivity contribution in [1.29, 1.82) is 0 Å². The number of nitrogens with zero attached hydrogens (tertiary/aromatic N) is 3. The Morgan fingerprint density at radius 1 is 1.47 bits per heavy atom. The molecule has 1 heterocycles. The van der Waals surface area contributed by atoms with Crippen LogP contribution in [0.5, 0.6) is 5.19 Å². The van der Waals surface area contributed by atoms with Crippen LogP contribution < -0.4 is 4.74 Å². The zero-order valence-electron chi connectivity index (χ0n) is 10.0.